The average Bonchev–Trinajstić information content (AvgIpc) is 3.74. The van der Waals surface area contributed by atoms with E-state index in [4.69, 9.17) is 28.4 Å². The van der Waals surface area contributed by atoms with Gasteiger partial charge in [0, 0.05) is 34.9 Å². The third-order valence-electron chi connectivity index (χ3n) is 16.0. The van der Waals surface area contributed by atoms with Gasteiger partial charge in [-0.1, -0.05) is 59.7 Å². The van der Waals surface area contributed by atoms with Crippen LogP contribution in [0.25, 0.3) is 0 Å². The Morgan fingerprint density at radius 2 is 0.714 bits per heavy atom. The summed E-state index contributed by atoms with van der Waals surface area (Å²) in [4.78, 5) is 90.8. The molecule has 0 radical (unpaired) electrons. The molecule has 3 saturated heterocycles. The minimum Gasteiger partial charge on any atom is -0.493 e. The van der Waals surface area contributed by atoms with E-state index in [9.17, 15) is 28.8 Å². The molecule has 6 aliphatic rings. The molecule has 3 aromatic heterocycles. The van der Waals surface area contributed by atoms with E-state index in [1.54, 1.807) is 57.2 Å². The van der Waals surface area contributed by atoms with Gasteiger partial charge in [0.2, 0.25) is 17.6 Å². The van der Waals surface area contributed by atoms with Crippen molar-refractivity contribution in [1.29, 1.82) is 0 Å². The zero-order valence-electron chi connectivity index (χ0n) is 48.6. The number of hydrogen-bond donors (Lipinski definition) is 3. The lowest BCUT2D eigenvalue weighted by molar-refractivity contribution is -0.122. The maximum atomic E-state index is 12.6. The van der Waals surface area contributed by atoms with Crippen molar-refractivity contribution >= 4 is 52.9 Å². The summed E-state index contributed by atoms with van der Waals surface area (Å²) in [5.74, 6) is 6.22. The molecule has 9 heterocycles. The molecule has 438 valence electrons. The van der Waals surface area contributed by atoms with Crippen LogP contribution >= 0.6 is 0 Å². The van der Waals surface area contributed by atoms with E-state index < -0.39 is 34.7 Å². The predicted molar refractivity (Wildman–Crippen MR) is 311 cm³/mol. The van der Waals surface area contributed by atoms with Gasteiger partial charge in [-0.25, -0.2) is 44.0 Å². The van der Waals surface area contributed by atoms with E-state index >= 15 is 0 Å². The van der Waals surface area contributed by atoms with Crippen LogP contribution in [0.2, 0.25) is 0 Å². The quantitative estimate of drug-likeness (QED) is 0.0965. The number of nitrogens with zero attached hydrogens (tertiary/aromatic N) is 6. The smallest absolute Gasteiger partial charge is 0.329 e. The fourth-order valence-electron chi connectivity index (χ4n) is 10.4. The number of aromatic nitrogens is 3. The Hall–Kier alpha value is -9.27. The number of imide groups is 3. The Kier molecular flexibility index (Phi) is 16.2. The van der Waals surface area contributed by atoms with Crippen LogP contribution in [0.15, 0.2) is 110 Å². The number of anilines is 3. The van der Waals surface area contributed by atoms with Gasteiger partial charge in [0.05, 0.1) is 55.5 Å². The standard InChI is InChI=1S/3C21H23N3O4/c3*1-4-21(3)19(25)24(20(26)23-21)14-8-9-18(22-11-14)28-17-7-5-6-16-15(17)10-13(2)12-27-16/h3*5-9,11,13H,4,10,12H2,1-3H3,(H,23,26)/t3*13?,21-/m111/s1. The number of carbonyl (C=O) groups is 6. The molecule has 12 rings (SSSR count). The molecule has 0 spiro atoms. The number of rotatable bonds is 12. The first kappa shape index (κ1) is 57.9. The number of carbonyl (C=O) groups excluding carboxylic acids is 6. The Morgan fingerprint density at radius 1 is 0.440 bits per heavy atom. The van der Waals surface area contributed by atoms with Crippen molar-refractivity contribution < 1.29 is 57.2 Å². The van der Waals surface area contributed by atoms with Gasteiger partial charge in [0.25, 0.3) is 17.7 Å². The molecule has 6 aromatic rings. The number of fused-ring (bicyclic) bond motifs is 3. The zero-order valence-corrected chi connectivity index (χ0v) is 48.6. The summed E-state index contributed by atoms with van der Waals surface area (Å²) in [6.45, 7) is 19.3. The minimum atomic E-state index is -0.883. The second-order valence-corrected chi connectivity index (χ2v) is 22.7. The van der Waals surface area contributed by atoms with E-state index in [2.05, 4.69) is 51.7 Å². The normalized spacial score (nSPS) is 23.8. The Morgan fingerprint density at radius 3 is 0.940 bits per heavy atom. The lowest BCUT2D eigenvalue weighted by Crippen LogP contribution is -2.43. The van der Waals surface area contributed by atoms with Gasteiger partial charge in [-0.2, -0.15) is 0 Å². The number of ether oxygens (including phenoxy) is 6. The van der Waals surface area contributed by atoms with Gasteiger partial charge in [-0.3, -0.25) is 14.4 Å². The van der Waals surface area contributed by atoms with Crippen molar-refractivity contribution in [1.82, 2.24) is 30.9 Å². The Labute approximate surface area is 487 Å². The van der Waals surface area contributed by atoms with E-state index in [1.807, 2.05) is 75.4 Å². The molecule has 3 unspecified atom stereocenters. The van der Waals surface area contributed by atoms with E-state index in [1.165, 1.54) is 18.6 Å². The summed E-state index contributed by atoms with van der Waals surface area (Å²) in [5, 5.41) is 8.21. The molecule has 6 aliphatic heterocycles. The van der Waals surface area contributed by atoms with E-state index in [0.717, 1.165) is 67.9 Å². The molecule has 6 atom stereocenters. The summed E-state index contributed by atoms with van der Waals surface area (Å²) in [6, 6.07) is 25.8. The second-order valence-electron chi connectivity index (χ2n) is 22.7. The molecule has 0 bridgehead atoms. The third kappa shape index (κ3) is 11.6. The topological polar surface area (TPSA) is 242 Å². The first-order valence-corrected chi connectivity index (χ1v) is 28.4. The number of benzene rings is 3. The summed E-state index contributed by atoms with van der Waals surface area (Å²) < 4.78 is 35.2. The van der Waals surface area contributed by atoms with Crippen LogP contribution in [-0.2, 0) is 33.6 Å². The molecule has 9 amide bonds. The number of hydrogen-bond acceptors (Lipinski definition) is 15. The predicted octanol–water partition coefficient (Wildman–Crippen LogP) is 11.0. The van der Waals surface area contributed by atoms with Crippen LogP contribution in [0.5, 0.6) is 52.1 Å². The summed E-state index contributed by atoms with van der Waals surface area (Å²) in [5.41, 5.74) is 1.68. The number of nitrogens with one attached hydrogen (secondary N) is 3. The zero-order chi connectivity index (χ0) is 59.7. The molecule has 3 fully saturated rings. The van der Waals surface area contributed by atoms with Crippen molar-refractivity contribution in [2.24, 2.45) is 17.8 Å². The first-order valence-electron chi connectivity index (χ1n) is 28.4. The van der Waals surface area contributed by atoms with E-state index in [-0.39, 0.29) is 17.7 Å². The highest BCUT2D eigenvalue weighted by molar-refractivity contribution is 6.24. The molecule has 0 aliphatic carbocycles. The number of pyridine rings is 3. The van der Waals surface area contributed by atoms with Crippen LogP contribution in [0.4, 0.5) is 31.4 Å². The van der Waals surface area contributed by atoms with Gasteiger partial charge < -0.3 is 44.4 Å². The maximum Gasteiger partial charge on any atom is 0.329 e. The van der Waals surface area contributed by atoms with Gasteiger partial charge in [0.15, 0.2) is 0 Å². The van der Waals surface area contributed by atoms with Gasteiger partial charge in [-0.05, 0) is 132 Å². The van der Waals surface area contributed by atoms with Crippen LogP contribution in [0.3, 0.4) is 0 Å². The average molecular weight is 1140 g/mol. The molecular formula is C63H69N9O12. The van der Waals surface area contributed by atoms with Crippen molar-refractivity contribution in [3.8, 4) is 52.1 Å². The number of urea groups is 3. The third-order valence-corrected chi connectivity index (χ3v) is 16.0. The van der Waals surface area contributed by atoms with Crippen molar-refractivity contribution in [3.05, 3.63) is 126 Å². The minimum absolute atomic E-state index is 0.279. The molecule has 21 heteroatoms. The van der Waals surface area contributed by atoms with Gasteiger partial charge in [-0.15, -0.1) is 0 Å². The highest BCUT2D eigenvalue weighted by Crippen LogP contribution is 2.40. The Bertz CT molecular complexity index is 3150. The van der Waals surface area contributed by atoms with Crippen LogP contribution in [0, 0.1) is 17.8 Å². The molecule has 3 aromatic carbocycles. The van der Waals surface area contributed by atoms with E-state index in [0.29, 0.717) is 109 Å². The van der Waals surface area contributed by atoms with Crippen LogP contribution < -0.4 is 59.1 Å². The monoisotopic (exact) mass is 1140 g/mol. The Balaban J connectivity index is 0.000000140. The fourth-order valence-corrected chi connectivity index (χ4v) is 10.4. The van der Waals surface area contributed by atoms with Crippen LogP contribution in [-0.4, -0.2) is 87.2 Å². The molecule has 3 N–H and O–H groups in total. The largest absolute Gasteiger partial charge is 0.493 e. The summed E-state index contributed by atoms with van der Waals surface area (Å²) in [6.07, 6.45) is 8.60. The molecule has 84 heavy (non-hydrogen) atoms. The van der Waals surface area contributed by atoms with Crippen LogP contribution in [0.1, 0.15) is 98.3 Å². The first-order chi connectivity index (χ1) is 40.2. The van der Waals surface area contributed by atoms with Gasteiger partial charge >= 0.3 is 18.1 Å². The van der Waals surface area contributed by atoms with Crippen molar-refractivity contribution in [3.63, 3.8) is 0 Å². The second kappa shape index (κ2) is 23.5. The lowest BCUT2D eigenvalue weighted by atomic mass is 9.98. The fraction of sp³-hybridized carbons (Fsp3) is 0.381. The molecule has 0 saturated carbocycles. The maximum absolute atomic E-state index is 12.6. The highest BCUT2D eigenvalue weighted by Gasteiger charge is 2.49. The van der Waals surface area contributed by atoms with Gasteiger partial charge in [0.1, 0.15) is 51.1 Å². The summed E-state index contributed by atoms with van der Waals surface area (Å²) in [7, 11) is 0. The highest BCUT2D eigenvalue weighted by atomic mass is 16.5. The SMILES string of the molecule is CC[C@@]1(C)NC(=O)N(c2ccc(Oc3cccc4c3CC(C)CO4)nc2)C1=O.CC[C@@]1(C)NC(=O)N(c2ccc(Oc3cccc4c3CC(C)CO4)nc2)C1=O.CC[C@@]1(C)NC(=O)N(c2ccc(Oc3cccc4c3CC(C)CO4)nc2)C1=O. The van der Waals surface area contributed by atoms with Crippen molar-refractivity contribution in [2.75, 3.05) is 34.5 Å². The molecular weight excluding hydrogens is 1070 g/mol. The lowest BCUT2D eigenvalue weighted by Gasteiger charge is -2.24. The number of amides is 9. The molecule has 21 nitrogen and oxygen atoms in total. The van der Waals surface area contributed by atoms with Crippen molar-refractivity contribution in [2.45, 2.75) is 117 Å². The summed E-state index contributed by atoms with van der Waals surface area (Å²) >= 11 is 0.